The van der Waals surface area contributed by atoms with Gasteiger partial charge in [0.25, 0.3) is 0 Å². The zero-order chi connectivity index (χ0) is 20.4. The van der Waals surface area contributed by atoms with E-state index in [4.69, 9.17) is 18.9 Å². The summed E-state index contributed by atoms with van der Waals surface area (Å²) in [4.78, 5) is 0. The fourth-order valence-electron chi connectivity index (χ4n) is 3.39. The van der Waals surface area contributed by atoms with Crippen molar-refractivity contribution in [2.75, 3.05) is 33.8 Å². The average Bonchev–Trinajstić information content (AvgIpc) is 3.26. The Hall–Kier alpha value is -3.75. The molecular formula is C20H21N5O4. The molecule has 2 heterocycles. The number of benzene rings is 2. The Labute approximate surface area is 167 Å². The van der Waals surface area contributed by atoms with Gasteiger partial charge in [0.1, 0.15) is 11.8 Å². The van der Waals surface area contributed by atoms with E-state index in [2.05, 4.69) is 20.8 Å². The number of tetrazole rings is 1. The van der Waals surface area contributed by atoms with Gasteiger partial charge in [-0.1, -0.05) is 17.2 Å². The molecule has 0 radical (unpaired) electrons. The third-order valence-corrected chi connectivity index (χ3v) is 4.76. The minimum Gasteiger partial charge on any atom is -0.497 e. The van der Waals surface area contributed by atoms with Gasteiger partial charge >= 0.3 is 0 Å². The highest BCUT2D eigenvalue weighted by molar-refractivity contribution is 5.78. The first-order valence-corrected chi connectivity index (χ1v) is 8.90. The maximum absolute atomic E-state index is 5.68. The normalized spacial score (nSPS) is 15.0. The summed E-state index contributed by atoms with van der Waals surface area (Å²) in [5.74, 6) is 2.93. The number of nitrogens with one attached hydrogen (secondary N) is 1. The Bertz CT molecular complexity index is 1060. The van der Waals surface area contributed by atoms with Gasteiger partial charge in [-0.25, -0.2) is 0 Å². The van der Waals surface area contributed by atoms with E-state index >= 15 is 0 Å². The summed E-state index contributed by atoms with van der Waals surface area (Å²) in [6.07, 6.45) is 2.03. The van der Waals surface area contributed by atoms with Crippen molar-refractivity contribution in [1.82, 2.24) is 20.2 Å². The molecule has 3 aromatic rings. The summed E-state index contributed by atoms with van der Waals surface area (Å²) >= 11 is 0. The van der Waals surface area contributed by atoms with Crippen molar-refractivity contribution < 1.29 is 18.9 Å². The van der Waals surface area contributed by atoms with Crippen molar-refractivity contribution in [3.63, 3.8) is 0 Å². The van der Waals surface area contributed by atoms with Crippen LogP contribution < -0.4 is 24.3 Å². The zero-order valence-electron chi connectivity index (χ0n) is 16.5. The topological polar surface area (TPSA) is 92.5 Å². The third-order valence-electron chi connectivity index (χ3n) is 4.76. The van der Waals surface area contributed by atoms with E-state index in [1.54, 1.807) is 33.1 Å². The number of hydrogen-bond acceptors (Lipinski definition) is 8. The molecule has 0 saturated heterocycles. The predicted octanol–water partition coefficient (Wildman–Crippen LogP) is 2.76. The minimum absolute atomic E-state index is 0.322. The number of methoxy groups -OCH3 is 4. The molecule has 29 heavy (non-hydrogen) atoms. The molecule has 1 aliphatic heterocycles. The van der Waals surface area contributed by atoms with Crippen LogP contribution in [-0.4, -0.2) is 48.6 Å². The zero-order valence-corrected chi connectivity index (χ0v) is 16.5. The first kappa shape index (κ1) is 18.6. The van der Waals surface area contributed by atoms with Gasteiger partial charge in [-0.3, -0.25) is 0 Å². The van der Waals surface area contributed by atoms with Gasteiger partial charge in [0.15, 0.2) is 11.5 Å². The third kappa shape index (κ3) is 3.20. The summed E-state index contributed by atoms with van der Waals surface area (Å²) in [6.45, 7) is 0. The van der Waals surface area contributed by atoms with Gasteiger partial charge in [-0.05, 0) is 40.8 Å². The highest BCUT2D eigenvalue weighted by Gasteiger charge is 2.29. The minimum atomic E-state index is -0.322. The maximum atomic E-state index is 5.68. The van der Waals surface area contributed by atoms with Crippen LogP contribution in [-0.2, 0) is 0 Å². The monoisotopic (exact) mass is 395 g/mol. The molecule has 1 aromatic heterocycles. The molecule has 0 unspecified atom stereocenters. The van der Waals surface area contributed by atoms with Crippen LogP contribution in [0.5, 0.6) is 23.0 Å². The highest BCUT2D eigenvalue weighted by Crippen LogP contribution is 2.45. The first-order chi connectivity index (χ1) is 14.2. The summed E-state index contributed by atoms with van der Waals surface area (Å²) in [5, 5.41) is 15.3. The lowest BCUT2D eigenvalue weighted by molar-refractivity contribution is 0.320. The molecule has 9 nitrogen and oxygen atoms in total. The molecule has 1 N–H and O–H groups in total. The molecule has 0 saturated carbocycles. The summed E-state index contributed by atoms with van der Waals surface area (Å²) in [7, 11) is 6.39. The van der Waals surface area contributed by atoms with Gasteiger partial charge < -0.3 is 24.3 Å². The molecule has 0 bridgehead atoms. The smallest absolute Gasteiger partial charge is 0.248 e. The molecule has 0 spiro atoms. The van der Waals surface area contributed by atoms with Crippen molar-refractivity contribution in [3.8, 4) is 23.0 Å². The van der Waals surface area contributed by atoms with Crippen LogP contribution in [0.15, 0.2) is 42.5 Å². The SMILES string of the molecule is COc1cccc(C2=C[C@@H](c3ccc(OC)c(OC)c3OC)n3nnnc3N2)c1. The number of nitrogens with zero attached hydrogens (tertiary/aromatic N) is 4. The van der Waals surface area contributed by atoms with Gasteiger partial charge in [0.2, 0.25) is 11.7 Å². The standard InChI is InChI=1S/C20H21N5O4/c1-26-13-7-5-6-12(10-13)15-11-16(25-20(21-15)22-23-24-25)14-8-9-17(27-2)19(29-4)18(14)28-3/h5-11,16H,1-4H3,(H,21,22,24)/t16-/m0/s1. The Morgan fingerprint density at radius 1 is 0.931 bits per heavy atom. The van der Waals surface area contributed by atoms with Gasteiger partial charge in [-0.2, -0.15) is 4.68 Å². The van der Waals surface area contributed by atoms with E-state index in [1.807, 2.05) is 42.5 Å². The number of allylic oxidation sites excluding steroid dienone is 1. The van der Waals surface area contributed by atoms with Crippen LogP contribution in [0.3, 0.4) is 0 Å². The number of rotatable bonds is 6. The van der Waals surface area contributed by atoms with Crippen molar-refractivity contribution >= 4 is 11.6 Å². The van der Waals surface area contributed by atoms with Gasteiger partial charge in [0.05, 0.1) is 28.4 Å². The highest BCUT2D eigenvalue weighted by atomic mass is 16.5. The van der Waals surface area contributed by atoms with Crippen LogP contribution in [0, 0.1) is 0 Å². The van der Waals surface area contributed by atoms with Crippen LogP contribution in [0.1, 0.15) is 17.2 Å². The molecule has 1 aliphatic rings. The molecule has 0 amide bonds. The molecule has 9 heteroatoms. The Morgan fingerprint density at radius 3 is 2.48 bits per heavy atom. The summed E-state index contributed by atoms with van der Waals surface area (Å²) in [5.41, 5.74) is 2.64. The van der Waals surface area contributed by atoms with Crippen LogP contribution >= 0.6 is 0 Å². The molecule has 0 fully saturated rings. The molecule has 0 aliphatic carbocycles. The molecule has 150 valence electrons. The average molecular weight is 395 g/mol. The van der Waals surface area contributed by atoms with Crippen LogP contribution in [0.4, 0.5) is 5.95 Å². The number of fused-ring (bicyclic) bond motifs is 1. The number of hydrogen-bond donors (Lipinski definition) is 1. The van der Waals surface area contributed by atoms with E-state index in [0.717, 1.165) is 22.6 Å². The Morgan fingerprint density at radius 2 is 1.76 bits per heavy atom. The largest absolute Gasteiger partial charge is 0.497 e. The van der Waals surface area contributed by atoms with Gasteiger partial charge in [0, 0.05) is 16.8 Å². The second-order valence-corrected chi connectivity index (χ2v) is 6.25. The number of ether oxygens (including phenoxy) is 4. The second-order valence-electron chi connectivity index (χ2n) is 6.25. The van der Waals surface area contributed by atoms with E-state index in [0.29, 0.717) is 23.2 Å². The molecule has 4 rings (SSSR count). The maximum Gasteiger partial charge on any atom is 0.248 e. The van der Waals surface area contributed by atoms with E-state index < -0.39 is 0 Å². The Kier molecular flexibility index (Phi) is 4.94. The second kappa shape index (κ2) is 7.70. The summed E-state index contributed by atoms with van der Waals surface area (Å²) in [6, 6.07) is 11.2. The lowest BCUT2D eigenvalue weighted by Gasteiger charge is -2.26. The first-order valence-electron chi connectivity index (χ1n) is 8.90. The van der Waals surface area contributed by atoms with Crippen molar-refractivity contribution in [3.05, 3.63) is 53.6 Å². The van der Waals surface area contributed by atoms with Crippen molar-refractivity contribution in [2.24, 2.45) is 0 Å². The Balaban J connectivity index is 1.87. The van der Waals surface area contributed by atoms with Crippen molar-refractivity contribution in [1.29, 1.82) is 0 Å². The quantitative estimate of drug-likeness (QED) is 0.681. The van der Waals surface area contributed by atoms with Crippen LogP contribution in [0.25, 0.3) is 5.70 Å². The van der Waals surface area contributed by atoms with E-state index in [1.165, 1.54) is 0 Å². The number of anilines is 1. The summed E-state index contributed by atoms with van der Waals surface area (Å²) < 4.78 is 23.7. The van der Waals surface area contributed by atoms with Crippen molar-refractivity contribution in [2.45, 2.75) is 6.04 Å². The van der Waals surface area contributed by atoms with E-state index in [-0.39, 0.29) is 6.04 Å². The predicted molar refractivity (Wildman–Crippen MR) is 107 cm³/mol. The van der Waals surface area contributed by atoms with Crippen LogP contribution in [0.2, 0.25) is 0 Å². The lowest BCUT2D eigenvalue weighted by Crippen LogP contribution is -2.21. The molecular weight excluding hydrogens is 374 g/mol. The molecule has 2 aromatic carbocycles. The lowest BCUT2D eigenvalue weighted by atomic mass is 10.00. The van der Waals surface area contributed by atoms with Gasteiger partial charge in [-0.15, -0.1) is 0 Å². The fourth-order valence-corrected chi connectivity index (χ4v) is 3.39. The van der Waals surface area contributed by atoms with E-state index in [9.17, 15) is 0 Å². The number of aromatic nitrogens is 4. The molecule has 1 atom stereocenters. The fraction of sp³-hybridized carbons (Fsp3) is 0.250.